The lowest BCUT2D eigenvalue weighted by molar-refractivity contribution is 0.0882. The van der Waals surface area contributed by atoms with Crippen molar-refractivity contribution in [1.82, 2.24) is 15.3 Å². The number of nitrogens with zero attached hydrogens (tertiary/aromatic N) is 2. The maximum Gasteiger partial charge on any atom is 0.271 e. The van der Waals surface area contributed by atoms with Crippen molar-refractivity contribution >= 4 is 11.7 Å². The average molecular weight is 251 g/mol. The molecule has 100 valence electrons. The van der Waals surface area contributed by atoms with Crippen LogP contribution in [-0.4, -0.2) is 21.4 Å². The average Bonchev–Trinajstić information content (AvgIpc) is 2.45. The monoisotopic (exact) mass is 251 g/mol. The first kappa shape index (κ1) is 14.4. The number of nitrogen functional groups attached to an aromatic ring is 1. The maximum absolute atomic E-state index is 12.1. The Morgan fingerprint density at radius 2 is 1.83 bits per heavy atom. The molecular weight excluding hydrogens is 230 g/mol. The number of aromatic nitrogens is 2. The third kappa shape index (κ3) is 3.16. The van der Waals surface area contributed by atoms with Gasteiger partial charge in [-0.3, -0.25) is 4.79 Å². The molecular formula is C12H21N5O. The molecule has 0 aliphatic heterocycles. The van der Waals surface area contributed by atoms with Gasteiger partial charge in [-0.15, -0.1) is 0 Å². The van der Waals surface area contributed by atoms with Crippen LogP contribution in [-0.2, 0) is 0 Å². The van der Waals surface area contributed by atoms with E-state index in [1.807, 2.05) is 0 Å². The fourth-order valence-corrected chi connectivity index (χ4v) is 1.84. The maximum atomic E-state index is 12.1. The van der Waals surface area contributed by atoms with Gasteiger partial charge in [-0.2, -0.15) is 0 Å². The van der Waals surface area contributed by atoms with E-state index >= 15 is 0 Å². The topological polar surface area (TPSA) is 92.9 Å². The van der Waals surface area contributed by atoms with Crippen molar-refractivity contribution in [3.05, 3.63) is 18.1 Å². The third-order valence-electron chi connectivity index (χ3n) is 3.44. The van der Waals surface area contributed by atoms with Gasteiger partial charge in [0, 0.05) is 5.54 Å². The number of rotatable bonds is 6. The Labute approximate surface area is 107 Å². The van der Waals surface area contributed by atoms with Crippen LogP contribution in [0.2, 0.25) is 0 Å². The second kappa shape index (κ2) is 6.30. The van der Waals surface area contributed by atoms with Crippen LogP contribution in [0, 0.1) is 0 Å². The Morgan fingerprint density at radius 3 is 2.22 bits per heavy atom. The molecule has 0 atom stereocenters. The summed E-state index contributed by atoms with van der Waals surface area (Å²) in [4.78, 5) is 20.1. The van der Waals surface area contributed by atoms with Gasteiger partial charge in [-0.25, -0.2) is 15.8 Å². The molecule has 0 aromatic carbocycles. The van der Waals surface area contributed by atoms with Gasteiger partial charge in [0.05, 0.1) is 12.4 Å². The lowest BCUT2D eigenvalue weighted by Crippen LogP contribution is -2.47. The van der Waals surface area contributed by atoms with Crippen LogP contribution in [0.3, 0.4) is 0 Å². The molecule has 1 heterocycles. The van der Waals surface area contributed by atoms with Crippen LogP contribution in [0.4, 0.5) is 5.82 Å². The SMILES string of the molecule is CCC(CC)(CC)NC(=O)c1cnc(NN)cn1. The van der Waals surface area contributed by atoms with E-state index in [4.69, 9.17) is 5.84 Å². The molecule has 0 aliphatic carbocycles. The van der Waals surface area contributed by atoms with Gasteiger partial charge in [-0.1, -0.05) is 20.8 Å². The van der Waals surface area contributed by atoms with Crippen molar-refractivity contribution in [3.63, 3.8) is 0 Å². The third-order valence-corrected chi connectivity index (χ3v) is 3.44. The fourth-order valence-electron chi connectivity index (χ4n) is 1.84. The molecule has 0 fully saturated rings. The highest BCUT2D eigenvalue weighted by atomic mass is 16.2. The van der Waals surface area contributed by atoms with Crippen molar-refractivity contribution < 1.29 is 4.79 Å². The van der Waals surface area contributed by atoms with Crippen molar-refractivity contribution in [1.29, 1.82) is 0 Å². The summed E-state index contributed by atoms with van der Waals surface area (Å²) in [5.74, 6) is 5.42. The summed E-state index contributed by atoms with van der Waals surface area (Å²) in [7, 11) is 0. The molecule has 4 N–H and O–H groups in total. The molecule has 0 radical (unpaired) electrons. The number of carbonyl (C=O) groups excluding carboxylic acids is 1. The Kier molecular flexibility index (Phi) is 5.03. The van der Waals surface area contributed by atoms with Crippen molar-refractivity contribution in [3.8, 4) is 0 Å². The molecule has 0 unspecified atom stereocenters. The number of hydrogen-bond donors (Lipinski definition) is 3. The van der Waals surface area contributed by atoms with Crippen LogP contribution >= 0.6 is 0 Å². The Balaban J connectivity index is 2.80. The molecule has 18 heavy (non-hydrogen) atoms. The minimum Gasteiger partial charge on any atom is -0.345 e. The number of hydrogen-bond acceptors (Lipinski definition) is 5. The number of hydrazine groups is 1. The van der Waals surface area contributed by atoms with E-state index in [2.05, 4.69) is 41.5 Å². The van der Waals surface area contributed by atoms with Crippen LogP contribution in [0.25, 0.3) is 0 Å². The number of carbonyl (C=O) groups is 1. The van der Waals surface area contributed by atoms with Gasteiger partial charge in [0.25, 0.3) is 5.91 Å². The van der Waals surface area contributed by atoms with Gasteiger partial charge < -0.3 is 10.7 Å². The number of nitrogens with one attached hydrogen (secondary N) is 2. The minimum absolute atomic E-state index is 0.163. The number of nitrogens with two attached hydrogens (primary N) is 1. The molecule has 0 saturated heterocycles. The smallest absolute Gasteiger partial charge is 0.271 e. The lowest BCUT2D eigenvalue weighted by Gasteiger charge is -2.31. The quantitative estimate of drug-likeness (QED) is 0.526. The molecule has 6 heteroatoms. The molecule has 6 nitrogen and oxygen atoms in total. The highest BCUT2D eigenvalue weighted by molar-refractivity contribution is 5.92. The van der Waals surface area contributed by atoms with E-state index in [9.17, 15) is 4.79 Å². The van der Waals surface area contributed by atoms with Gasteiger partial charge in [-0.05, 0) is 19.3 Å². The van der Waals surface area contributed by atoms with Gasteiger partial charge >= 0.3 is 0 Å². The zero-order valence-corrected chi connectivity index (χ0v) is 11.2. The normalized spacial score (nSPS) is 11.1. The summed E-state index contributed by atoms with van der Waals surface area (Å²) < 4.78 is 0. The zero-order valence-electron chi connectivity index (χ0n) is 11.2. The van der Waals surface area contributed by atoms with E-state index in [0.717, 1.165) is 19.3 Å². The van der Waals surface area contributed by atoms with E-state index in [0.29, 0.717) is 11.5 Å². The molecule has 0 aliphatic rings. The van der Waals surface area contributed by atoms with Crippen LogP contribution < -0.4 is 16.6 Å². The Bertz CT molecular complexity index is 378. The lowest BCUT2D eigenvalue weighted by atomic mass is 9.89. The summed E-state index contributed by atoms with van der Waals surface area (Å²) >= 11 is 0. The summed E-state index contributed by atoms with van der Waals surface area (Å²) in [6, 6.07) is 0. The van der Waals surface area contributed by atoms with Crippen LogP contribution in [0.5, 0.6) is 0 Å². The minimum atomic E-state index is -0.198. The summed E-state index contributed by atoms with van der Waals surface area (Å²) in [5.41, 5.74) is 2.51. The van der Waals surface area contributed by atoms with Gasteiger partial charge in [0.1, 0.15) is 5.69 Å². The Hall–Kier alpha value is -1.69. The van der Waals surface area contributed by atoms with Crippen molar-refractivity contribution in [2.24, 2.45) is 5.84 Å². The van der Waals surface area contributed by atoms with Crippen LogP contribution in [0.15, 0.2) is 12.4 Å². The second-order valence-electron chi connectivity index (χ2n) is 4.23. The van der Waals surface area contributed by atoms with Crippen molar-refractivity contribution in [2.45, 2.75) is 45.6 Å². The molecule has 1 rings (SSSR count). The summed E-state index contributed by atoms with van der Waals surface area (Å²) in [5, 5.41) is 3.04. The van der Waals surface area contributed by atoms with E-state index < -0.39 is 0 Å². The molecule has 1 aromatic heterocycles. The first-order chi connectivity index (χ1) is 8.60. The van der Waals surface area contributed by atoms with E-state index in [1.54, 1.807) is 0 Å². The molecule has 1 amide bonds. The zero-order chi connectivity index (χ0) is 13.6. The molecule has 1 aromatic rings. The summed E-state index contributed by atoms with van der Waals surface area (Å²) in [6.45, 7) is 6.21. The highest BCUT2D eigenvalue weighted by Gasteiger charge is 2.26. The number of anilines is 1. The first-order valence-electron chi connectivity index (χ1n) is 6.22. The number of amides is 1. The van der Waals surface area contributed by atoms with Crippen molar-refractivity contribution in [2.75, 3.05) is 5.43 Å². The first-order valence-corrected chi connectivity index (χ1v) is 6.22. The second-order valence-corrected chi connectivity index (χ2v) is 4.23. The van der Waals surface area contributed by atoms with E-state index in [-0.39, 0.29) is 11.4 Å². The molecule has 0 spiro atoms. The van der Waals surface area contributed by atoms with Gasteiger partial charge in [0.15, 0.2) is 5.82 Å². The van der Waals surface area contributed by atoms with Gasteiger partial charge in [0.2, 0.25) is 0 Å². The largest absolute Gasteiger partial charge is 0.345 e. The highest BCUT2D eigenvalue weighted by Crippen LogP contribution is 2.19. The Morgan fingerprint density at radius 1 is 1.22 bits per heavy atom. The molecule has 0 bridgehead atoms. The summed E-state index contributed by atoms with van der Waals surface area (Å²) in [6.07, 6.45) is 5.52. The van der Waals surface area contributed by atoms with Crippen LogP contribution in [0.1, 0.15) is 50.5 Å². The predicted molar refractivity (Wildman–Crippen MR) is 70.9 cm³/mol. The standard InChI is InChI=1S/C12H21N5O/c1-4-12(5-2,6-3)16-11(18)9-7-15-10(17-13)8-14-9/h7-8H,4-6,13H2,1-3H3,(H,15,17)(H,16,18). The fraction of sp³-hybridized carbons (Fsp3) is 0.583. The molecule has 0 saturated carbocycles. The van der Waals surface area contributed by atoms with E-state index in [1.165, 1.54) is 12.4 Å². The predicted octanol–water partition coefficient (Wildman–Crippen LogP) is 1.46.